The number of carbonyl (C=O) groups excluding carboxylic acids is 1. The summed E-state index contributed by atoms with van der Waals surface area (Å²) in [5.74, 6) is -1.19. The Balaban J connectivity index is 2.18. The molecule has 0 fully saturated rings. The zero-order chi connectivity index (χ0) is 17.7. The van der Waals surface area contributed by atoms with E-state index in [1.54, 1.807) is 6.92 Å². The Bertz CT molecular complexity index is 738. The molecule has 0 radical (unpaired) electrons. The molecule has 2 aromatic rings. The van der Waals surface area contributed by atoms with E-state index >= 15 is 0 Å². The molecule has 1 unspecified atom stereocenters. The molecule has 6 nitrogen and oxygen atoms in total. The summed E-state index contributed by atoms with van der Waals surface area (Å²) in [6, 6.07) is 7.94. The van der Waals surface area contributed by atoms with E-state index in [0.29, 0.717) is 0 Å². The minimum atomic E-state index is -0.975. The number of methoxy groups -OCH3 is 1. The molecule has 0 aliphatic heterocycles. The summed E-state index contributed by atoms with van der Waals surface area (Å²) in [6.07, 6.45) is 1.99. The number of aliphatic carboxylic acids is 1. The largest absolute Gasteiger partial charge is 0.481 e. The van der Waals surface area contributed by atoms with Crippen LogP contribution in [-0.2, 0) is 27.3 Å². The monoisotopic (exact) mass is 332 g/mol. The third kappa shape index (κ3) is 4.14. The van der Waals surface area contributed by atoms with E-state index in [1.807, 2.05) is 30.5 Å². The van der Waals surface area contributed by atoms with Crippen LogP contribution in [0.25, 0.3) is 10.9 Å². The maximum atomic E-state index is 12.5. The third-order valence-electron chi connectivity index (χ3n) is 4.01. The quantitative estimate of drug-likeness (QED) is 0.776. The molecule has 1 amide bonds. The maximum Gasteiger partial charge on any atom is 0.305 e. The molecule has 0 saturated carbocycles. The molecule has 0 saturated heterocycles. The minimum absolute atomic E-state index is 0.141. The van der Waals surface area contributed by atoms with E-state index in [9.17, 15) is 9.59 Å². The highest BCUT2D eigenvalue weighted by atomic mass is 16.5. The summed E-state index contributed by atoms with van der Waals surface area (Å²) >= 11 is 0. The number of fused-ring (bicyclic) bond motifs is 1. The Morgan fingerprint density at radius 3 is 2.67 bits per heavy atom. The Hall–Kier alpha value is -2.34. The number of hydrogen-bond acceptors (Lipinski definition) is 3. The van der Waals surface area contributed by atoms with E-state index in [0.717, 1.165) is 23.0 Å². The number of nitrogens with one attached hydrogen (secondary N) is 1. The molecular formula is C18H24N2O4. The molecular weight excluding hydrogens is 308 g/mol. The Labute approximate surface area is 141 Å². The van der Waals surface area contributed by atoms with Gasteiger partial charge >= 0.3 is 5.97 Å². The van der Waals surface area contributed by atoms with Gasteiger partial charge in [0, 0.05) is 30.8 Å². The summed E-state index contributed by atoms with van der Waals surface area (Å²) in [5, 5.41) is 12.9. The highest BCUT2D eigenvalue weighted by Crippen LogP contribution is 2.22. The fourth-order valence-electron chi connectivity index (χ4n) is 3.06. The van der Waals surface area contributed by atoms with E-state index in [2.05, 4.69) is 16.8 Å². The lowest BCUT2D eigenvalue weighted by molar-refractivity contribution is -0.139. The summed E-state index contributed by atoms with van der Waals surface area (Å²) in [6.45, 7) is 4.70. The van der Waals surface area contributed by atoms with Crippen molar-refractivity contribution in [2.45, 2.75) is 38.8 Å². The summed E-state index contributed by atoms with van der Waals surface area (Å²) < 4.78 is 7.17. The molecule has 0 aliphatic carbocycles. The SMILES string of the molecule is CCn1cc(CC(=O)NC(C)(COC)CC(=O)O)c2ccccc21. The zero-order valence-corrected chi connectivity index (χ0v) is 14.3. The number of aryl methyl sites for hydroxylation is 1. The van der Waals surface area contributed by atoms with Gasteiger partial charge in [-0.15, -0.1) is 0 Å². The number of hydrogen-bond donors (Lipinski definition) is 2. The van der Waals surface area contributed by atoms with Gasteiger partial charge in [-0.2, -0.15) is 0 Å². The second-order valence-corrected chi connectivity index (χ2v) is 6.25. The summed E-state index contributed by atoms with van der Waals surface area (Å²) in [5.41, 5.74) is 1.09. The van der Waals surface area contributed by atoms with Crippen LogP contribution < -0.4 is 5.32 Å². The van der Waals surface area contributed by atoms with Crippen LogP contribution in [-0.4, -0.2) is 40.8 Å². The second-order valence-electron chi connectivity index (χ2n) is 6.25. The van der Waals surface area contributed by atoms with Crippen molar-refractivity contribution in [1.29, 1.82) is 0 Å². The summed E-state index contributed by atoms with van der Waals surface area (Å²) in [7, 11) is 1.49. The van der Waals surface area contributed by atoms with Crippen LogP contribution in [0.2, 0.25) is 0 Å². The van der Waals surface area contributed by atoms with E-state index in [1.165, 1.54) is 7.11 Å². The van der Waals surface area contributed by atoms with Crippen molar-refractivity contribution >= 4 is 22.8 Å². The molecule has 1 atom stereocenters. The van der Waals surface area contributed by atoms with Gasteiger partial charge in [0.2, 0.25) is 5.91 Å². The van der Waals surface area contributed by atoms with Gasteiger partial charge in [-0.1, -0.05) is 18.2 Å². The highest BCUT2D eigenvalue weighted by molar-refractivity contribution is 5.89. The van der Waals surface area contributed by atoms with E-state index < -0.39 is 11.5 Å². The van der Waals surface area contributed by atoms with Gasteiger partial charge in [0.1, 0.15) is 0 Å². The van der Waals surface area contributed by atoms with Crippen LogP contribution in [0.3, 0.4) is 0 Å². The van der Waals surface area contributed by atoms with Crippen LogP contribution in [0.15, 0.2) is 30.5 Å². The van der Waals surface area contributed by atoms with Crippen LogP contribution in [0.1, 0.15) is 25.8 Å². The van der Waals surface area contributed by atoms with Crippen LogP contribution >= 0.6 is 0 Å². The molecule has 2 rings (SSSR count). The molecule has 130 valence electrons. The van der Waals surface area contributed by atoms with Gasteiger partial charge in [-0.05, 0) is 25.5 Å². The third-order valence-corrected chi connectivity index (χ3v) is 4.01. The number of ether oxygens (including phenoxy) is 1. The number of carboxylic acid groups (broad SMARTS) is 1. The van der Waals surface area contributed by atoms with Crippen LogP contribution in [0.4, 0.5) is 0 Å². The first-order valence-electron chi connectivity index (χ1n) is 7.97. The molecule has 6 heteroatoms. The van der Waals surface area contributed by atoms with Gasteiger partial charge in [0.15, 0.2) is 0 Å². The first kappa shape index (κ1) is 18.0. The predicted octanol–water partition coefficient (Wildman–Crippen LogP) is 2.20. The average Bonchev–Trinajstić information content (AvgIpc) is 2.84. The number of rotatable bonds is 8. The first-order chi connectivity index (χ1) is 11.4. The fourth-order valence-corrected chi connectivity index (χ4v) is 3.06. The van der Waals surface area contributed by atoms with Gasteiger partial charge in [-0.25, -0.2) is 0 Å². The fraction of sp³-hybridized carbons (Fsp3) is 0.444. The molecule has 0 aliphatic rings. The average molecular weight is 332 g/mol. The van der Waals surface area contributed by atoms with Crippen molar-refractivity contribution in [3.8, 4) is 0 Å². The molecule has 1 aromatic heterocycles. The number of aromatic nitrogens is 1. The zero-order valence-electron chi connectivity index (χ0n) is 14.3. The van der Waals surface area contributed by atoms with Gasteiger partial charge < -0.3 is 19.7 Å². The Morgan fingerprint density at radius 2 is 2.04 bits per heavy atom. The number of benzene rings is 1. The van der Waals surface area contributed by atoms with Gasteiger partial charge in [0.25, 0.3) is 0 Å². The molecule has 0 spiro atoms. The smallest absolute Gasteiger partial charge is 0.305 e. The number of amides is 1. The maximum absolute atomic E-state index is 12.5. The topological polar surface area (TPSA) is 80.6 Å². The van der Waals surface area contributed by atoms with Crippen molar-refractivity contribution in [3.05, 3.63) is 36.0 Å². The van der Waals surface area contributed by atoms with Crippen molar-refractivity contribution in [2.24, 2.45) is 0 Å². The normalized spacial score (nSPS) is 13.6. The Kier molecular flexibility index (Phi) is 5.62. The first-order valence-corrected chi connectivity index (χ1v) is 7.97. The highest BCUT2D eigenvalue weighted by Gasteiger charge is 2.29. The van der Waals surface area contributed by atoms with E-state index in [-0.39, 0.29) is 25.4 Å². The van der Waals surface area contributed by atoms with Crippen LogP contribution in [0, 0.1) is 0 Å². The predicted molar refractivity (Wildman–Crippen MR) is 92.0 cm³/mol. The number of nitrogens with zero attached hydrogens (tertiary/aromatic N) is 1. The second kappa shape index (κ2) is 7.49. The number of carbonyl (C=O) groups is 2. The minimum Gasteiger partial charge on any atom is -0.481 e. The van der Waals surface area contributed by atoms with Crippen molar-refractivity contribution in [2.75, 3.05) is 13.7 Å². The lowest BCUT2D eigenvalue weighted by Gasteiger charge is -2.28. The Morgan fingerprint density at radius 1 is 1.33 bits per heavy atom. The molecule has 2 N–H and O–H groups in total. The van der Waals surface area contributed by atoms with Crippen molar-refractivity contribution in [1.82, 2.24) is 9.88 Å². The van der Waals surface area contributed by atoms with Crippen molar-refractivity contribution < 1.29 is 19.4 Å². The van der Waals surface area contributed by atoms with E-state index in [4.69, 9.17) is 9.84 Å². The van der Waals surface area contributed by atoms with Gasteiger partial charge in [-0.3, -0.25) is 9.59 Å². The standard InChI is InChI=1S/C18H24N2O4/c1-4-20-11-13(14-7-5-6-8-15(14)20)9-16(21)19-18(2,12-24-3)10-17(22)23/h5-8,11H,4,9-10,12H2,1-3H3,(H,19,21)(H,22,23). The molecule has 0 bridgehead atoms. The number of para-hydroxylation sites is 1. The molecule has 24 heavy (non-hydrogen) atoms. The molecule has 1 aromatic carbocycles. The lowest BCUT2D eigenvalue weighted by Crippen LogP contribution is -2.51. The van der Waals surface area contributed by atoms with Gasteiger partial charge in [0.05, 0.1) is 25.0 Å². The number of carboxylic acids is 1. The van der Waals surface area contributed by atoms with Crippen molar-refractivity contribution in [3.63, 3.8) is 0 Å². The summed E-state index contributed by atoms with van der Waals surface area (Å²) in [4.78, 5) is 23.5. The molecule has 1 heterocycles. The van der Waals surface area contributed by atoms with Crippen LogP contribution in [0.5, 0.6) is 0 Å². The lowest BCUT2D eigenvalue weighted by atomic mass is 9.98.